The Hall–Kier alpha value is -2.58. The molecule has 1 heterocycles. The Kier molecular flexibility index (Phi) is 6.53. The van der Waals surface area contributed by atoms with E-state index in [4.69, 9.17) is 32.7 Å². The third-order valence-electron chi connectivity index (χ3n) is 3.86. The lowest BCUT2D eigenvalue weighted by Crippen LogP contribution is -2.07. The second-order valence-electron chi connectivity index (χ2n) is 5.81. The van der Waals surface area contributed by atoms with Gasteiger partial charge < -0.3 is 14.8 Å². The Balaban J connectivity index is 1.79. The van der Waals surface area contributed by atoms with Crippen LogP contribution in [-0.4, -0.2) is 26.8 Å². The number of nitrogens with one attached hydrogen (secondary N) is 1. The summed E-state index contributed by atoms with van der Waals surface area (Å²) in [5, 5.41) is 14.9. The molecule has 148 valence electrons. The maximum Gasteiger partial charge on any atom is 0.242 e. The van der Waals surface area contributed by atoms with E-state index in [9.17, 15) is 4.39 Å². The molecule has 0 saturated carbocycles. The van der Waals surface area contributed by atoms with Crippen molar-refractivity contribution < 1.29 is 13.9 Å². The molecule has 2 aromatic carbocycles. The predicted octanol–water partition coefficient (Wildman–Crippen LogP) is 4.25. The molecule has 1 aromatic heterocycles. The molecule has 3 rings (SSSR count). The largest absolute Gasteiger partial charge is 0.490 e. The number of nitrogens with zero attached hydrogens (tertiary/aromatic N) is 4. The molecule has 0 aliphatic rings. The number of aromatic nitrogens is 4. The first-order chi connectivity index (χ1) is 13.5. The third kappa shape index (κ3) is 4.63. The topological polar surface area (TPSA) is 74.1 Å². The lowest BCUT2D eigenvalue weighted by Gasteiger charge is -2.16. The van der Waals surface area contributed by atoms with E-state index in [1.807, 2.05) is 6.92 Å². The van der Waals surface area contributed by atoms with Gasteiger partial charge in [0.05, 0.1) is 16.7 Å². The Morgan fingerprint density at radius 1 is 1.18 bits per heavy atom. The maximum atomic E-state index is 14.0. The van der Waals surface area contributed by atoms with Gasteiger partial charge in [0, 0.05) is 19.2 Å². The van der Waals surface area contributed by atoms with Crippen molar-refractivity contribution in [2.24, 2.45) is 7.05 Å². The van der Waals surface area contributed by atoms with E-state index >= 15 is 0 Å². The number of ether oxygens (including phenoxy) is 2. The molecule has 0 bridgehead atoms. The number of halogens is 3. The molecule has 0 fully saturated rings. The van der Waals surface area contributed by atoms with Crippen molar-refractivity contribution in [2.75, 3.05) is 11.9 Å². The number of tetrazole rings is 1. The average molecular weight is 426 g/mol. The molecule has 0 radical (unpaired) electrons. The number of rotatable bonds is 8. The van der Waals surface area contributed by atoms with E-state index in [0.29, 0.717) is 35.6 Å². The zero-order valence-electron chi connectivity index (χ0n) is 15.2. The van der Waals surface area contributed by atoms with Crippen molar-refractivity contribution in [3.05, 3.63) is 57.3 Å². The standard InChI is InChI=1S/C18H18Cl2FN5O2/c1-3-27-16-8-11(9-22-18-23-24-25-26(18)2)7-14(20)17(16)28-10-12-13(19)5-4-6-15(12)21/h4-8H,3,9-10H2,1-2H3,(H,22,23,25). The van der Waals surface area contributed by atoms with Gasteiger partial charge >= 0.3 is 0 Å². The van der Waals surface area contributed by atoms with Crippen LogP contribution in [0.3, 0.4) is 0 Å². The van der Waals surface area contributed by atoms with E-state index in [2.05, 4.69) is 20.8 Å². The van der Waals surface area contributed by atoms with Crippen LogP contribution in [0, 0.1) is 5.82 Å². The van der Waals surface area contributed by atoms with Gasteiger partial charge in [-0.25, -0.2) is 9.07 Å². The highest BCUT2D eigenvalue weighted by molar-refractivity contribution is 6.32. The van der Waals surface area contributed by atoms with Crippen LogP contribution >= 0.6 is 23.2 Å². The number of hydrogen-bond donors (Lipinski definition) is 1. The van der Waals surface area contributed by atoms with Crippen LogP contribution in [0.1, 0.15) is 18.1 Å². The molecule has 0 amide bonds. The highest BCUT2D eigenvalue weighted by Crippen LogP contribution is 2.38. The molecule has 7 nitrogen and oxygen atoms in total. The normalized spacial score (nSPS) is 10.8. The minimum atomic E-state index is -0.445. The van der Waals surface area contributed by atoms with Crippen LogP contribution in [-0.2, 0) is 20.2 Å². The van der Waals surface area contributed by atoms with Gasteiger partial charge in [0.15, 0.2) is 11.5 Å². The van der Waals surface area contributed by atoms with E-state index in [1.54, 1.807) is 25.2 Å². The van der Waals surface area contributed by atoms with Gasteiger partial charge in [-0.05, 0) is 47.2 Å². The lowest BCUT2D eigenvalue weighted by atomic mass is 10.2. The third-order valence-corrected chi connectivity index (χ3v) is 4.50. The number of benzene rings is 2. The fourth-order valence-electron chi connectivity index (χ4n) is 2.50. The monoisotopic (exact) mass is 425 g/mol. The maximum absolute atomic E-state index is 14.0. The van der Waals surface area contributed by atoms with Crippen molar-refractivity contribution in [1.82, 2.24) is 20.2 Å². The van der Waals surface area contributed by atoms with Gasteiger partial charge in [-0.2, -0.15) is 0 Å². The Bertz CT molecular complexity index is 947. The van der Waals surface area contributed by atoms with Crippen LogP contribution in [0.25, 0.3) is 0 Å². The number of anilines is 1. The Morgan fingerprint density at radius 2 is 2.00 bits per heavy atom. The molecular formula is C18H18Cl2FN5O2. The average Bonchev–Trinajstić information content (AvgIpc) is 3.06. The van der Waals surface area contributed by atoms with Crippen molar-refractivity contribution >= 4 is 29.2 Å². The molecule has 0 saturated heterocycles. The van der Waals surface area contributed by atoms with Gasteiger partial charge in [-0.15, -0.1) is 0 Å². The zero-order valence-corrected chi connectivity index (χ0v) is 16.8. The molecule has 0 spiro atoms. The van der Waals surface area contributed by atoms with Crippen LogP contribution < -0.4 is 14.8 Å². The summed E-state index contributed by atoms with van der Waals surface area (Å²) in [7, 11) is 1.73. The molecule has 0 aliphatic heterocycles. The molecular weight excluding hydrogens is 408 g/mol. The van der Waals surface area contributed by atoms with E-state index < -0.39 is 5.82 Å². The van der Waals surface area contributed by atoms with Gasteiger partial charge in [0.1, 0.15) is 12.4 Å². The summed E-state index contributed by atoms with van der Waals surface area (Å²) in [6.07, 6.45) is 0. The van der Waals surface area contributed by atoms with Crippen molar-refractivity contribution in [3.63, 3.8) is 0 Å². The zero-order chi connectivity index (χ0) is 20.1. The summed E-state index contributed by atoms with van der Waals surface area (Å²) in [6, 6.07) is 7.99. The minimum absolute atomic E-state index is 0.0759. The fourth-order valence-corrected chi connectivity index (χ4v) is 3.01. The van der Waals surface area contributed by atoms with E-state index in [1.165, 1.54) is 16.8 Å². The molecule has 1 N–H and O–H groups in total. The van der Waals surface area contributed by atoms with Crippen LogP contribution in [0.15, 0.2) is 30.3 Å². The van der Waals surface area contributed by atoms with E-state index in [0.717, 1.165) is 5.56 Å². The predicted molar refractivity (Wildman–Crippen MR) is 104 cm³/mol. The first kappa shape index (κ1) is 20.2. The van der Waals surface area contributed by atoms with Crippen LogP contribution in [0.5, 0.6) is 11.5 Å². The first-order valence-corrected chi connectivity index (χ1v) is 9.22. The summed E-state index contributed by atoms with van der Waals surface area (Å²) < 4.78 is 26.9. The van der Waals surface area contributed by atoms with E-state index in [-0.39, 0.29) is 17.2 Å². The van der Waals surface area contributed by atoms with Crippen molar-refractivity contribution in [3.8, 4) is 11.5 Å². The quantitative estimate of drug-likeness (QED) is 0.581. The summed E-state index contributed by atoms with van der Waals surface area (Å²) in [5.74, 6) is 0.852. The van der Waals surface area contributed by atoms with Gasteiger partial charge in [0.2, 0.25) is 5.95 Å². The second kappa shape index (κ2) is 9.07. The Labute approximate surface area is 171 Å². The van der Waals surface area contributed by atoms with Gasteiger partial charge in [-0.1, -0.05) is 34.4 Å². The van der Waals surface area contributed by atoms with Crippen molar-refractivity contribution in [2.45, 2.75) is 20.1 Å². The highest BCUT2D eigenvalue weighted by atomic mass is 35.5. The molecule has 0 atom stereocenters. The van der Waals surface area contributed by atoms with Gasteiger partial charge in [0.25, 0.3) is 0 Å². The molecule has 10 heteroatoms. The molecule has 28 heavy (non-hydrogen) atoms. The lowest BCUT2D eigenvalue weighted by molar-refractivity contribution is 0.266. The second-order valence-corrected chi connectivity index (χ2v) is 6.62. The highest BCUT2D eigenvalue weighted by Gasteiger charge is 2.15. The Morgan fingerprint density at radius 3 is 2.68 bits per heavy atom. The smallest absolute Gasteiger partial charge is 0.242 e. The number of hydrogen-bond acceptors (Lipinski definition) is 6. The molecule has 0 unspecified atom stereocenters. The molecule has 3 aromatic rings. The SMILES string of the molecule is CCOc1cc(CNc2nnnn2C)cc(Cl)c1OCc1c(F)cccc1Cl. The van der Waals surface area contributed by atoms with Crippen LogP contribution in [0.2, 0.25) is 10.0 Å². The minimum Gasteiger partial charge on any atom is -0.490 e. The molecule has 0 aliphatic carbocycles. The first-order valence-electron chi connectivity index (χ1n) is 8.46. The summed E-state index contributed by atoms with van der Waals surface area (Å²) in [6.45, 7) is 2.61. The fraction of sp³-hybridized carbons (Fsp3) is 0.278. The van der Waals surface area contributed by atoms with Crippen LogP contribution in [0.4, 0.5) is 10.3 Å². The number of aryl methyl sites for hydroxylation is 1. The summed E-state index contributed by atoms with van der Waals surface area (Å²) in [5.41, 5.74) is 1.09. The van der Waals surface area contributed by atoms with Gasteiger partial charge in [-0.3, -0.25) is 0 Å². The van der Waals surface area contributed by atoms with Crippen molar-refractivity contribution in [1.29, 1.82) is 0 Å². The summed E-state index contributed by atoms with van der Waals surface area (Å²) >= 11 is 12.5. The summed E-state index contributed by atoms with van der Waals surface area (Å²) in [4.78, 5) is 0.